The first kappa shape index (κ1) is 15.0. The minimum absolute atomic E-state index is 0.236. The van der Waals surface area contributed by atoms with Gasteiger partial charge in [-0.15, -0.1) is 11.3 Å². The Bertz CT molecular complexity index is 527. The zero-order chi connectivity index (χ0) is 14.6. The third-order valence-electron chi connectivity index (χ3n) is 3.10. The molecule has 0 aliphatic carbocycles. The van der Waals surface area contributed by atoms with E-state index in [2.05, 4.69) is 4.98 Å². The lowest BCUT2D eigenvalue weighted by Crippen LogP contribution is -2.42. The van der Waals surface area contributed by atoms with Crippen molar-refractivity contribution in [3.05, 3.63) is 52.5 Å². The molecule has 2 nitrogen and oxygen atoms in total. The largest absolute Gasteiger partial charge is 0.423 e. The first-order valence-corrected chi connectivity index (χ1v) is 7.04. The van der Waals surface area contributed by atoms with Crippen LogP contribution in [0.5, 0.6) is 0 Å². The van der Waals surface area contributed by atoms with Gasteiger partial charge in [-0.2, -0.15) is 13.2 Å². The Morgan fingerprint density at radius 1 is 1.15 bits per heavy atom. The van der Waals surface area contributed by atoms with E-state index in [9.17, 15) is 18.3 Å². The maximum absolute atomic E-state index is 13.1. The van der Waals surface area contributed by atoms with Crippen LogP contribution in [0.3, 0.4) is 0 Å². The molecule has 0 bridgehead atoms. The third kappa shape index (κ3) is 3.19. The number of hydrogen-bond donors (Lipinski definition) is 1. The first-order valence-electron chi connectivity index (χ1n) is 6.16. The van der Waals surface area contributed by atoms with Crippen LogP contribution in [0.15, 0.2) is 41.9 Å². The fourth-order valence-electron chi connectivity index (χ4n) is 1.99. The number of nitrogens with zero attached hydrogens (tertiary/aromatic N) is 1. The topological polar surface area (TPSA) is 33.1 Å². The van der Waals surface area contributed by atoms with E-state index in [-0.39, 0.29) is 17.8 Å². The molecule has 1 N–H and O–H groups in total. The van der Waals surface area contributed by atoms with Gasteiger partial charge in [0.15, 0.2) is 0 Å². The van der Waals surface area contributed by atoms with Gasteiger partial charge in [-0.1, -0.05) is 30.3 Å². The second-order valence-electron chi connectivity index (χ2n) is 4.53. The van der Waals surface area contributed by atoms with Crippen molar-refractivity contribution in [1.29, 1.82) is 0 Å². The fourth-order valence-corrected chi connectivity index (χ4v) is 2.78. The molecule has 1 heterocycles. The molecule has 108 valence electrons. The van der Waals surface area contributed by atoms with Gasteiger partial charge in [-0.05, 0) is 24.8 Å². The van der Waals surface area contributed by atoms with E-state index in [1.807, 2.05) is 30.3 Å². The lowest BCUT2D eigenvalue weighted by Gasteiger charge is -2.28. The van der Waals surface area contributed by atoms with Crippen LogP contribution in [-0.4, -0.2) is 16.3 Å². The Hall–Kier alpha value is -1.40. The Morgan fingerprint density at radius 2 is 1.85 bits per heavy atom. The highest BCUT2D eigenvalue weighted by Crippen LogP contribution is 2.43. The Kier molecular flexibility index (Phi) is 4.45. The zero-order valence-corrected chi connectivity index (χ0v) is 11.4. The average Bonchev–Trinajstić information content (AvgIpc) is 2.92. The summed E-state index contributed by atoms with van der Waals surface area (Å²) in [5, 5.41) is 11.1. The zero-order valence-electron chi connectivity index (χ0n) is 10.6. The predicted octanol–water partition coefficient (Wildman–Crippen LogP) is 3.92. The van der Waals surface area contributed by atoms with Crippen molar-refractivity contribution in [2.45, 2.75) is 31.0 Å². The number of hydrogen-bond acceptors (Lipinski definition) is 3. The van der Waals surface area contributed by atoms with Gasteiger partial charge < -0.3 is 5.11 Å². The summed E-state index contributed by atoms with van der Waals surface area (Å²) in [5.41, 5.74) is -1.90. The molecule has 0 amide bonds. The van der Waals surface area contributed by atoms with E-state index in [0.717, 1.165) is 16.9 Å². The van der Waals surface area contributed by atoms with E-state index in [0.29, 0.717) is 6.42 Å². The number of alkyl halides is 3. The second-order valence-corrected chi connectivity index (χ2v) is 5.43. The van der Waals surface area contributed by atoms with Gasteiger partial charge in [0.1, 0.15) is 5.01 Å². The molecule has 0 aliphatic heterocycles. The van der Waals surface area contributed by atoms with E-state index in [1.54, 1.807) is 0 Å². The summed E-state index contributed by atoms with van der Waals surface area (Å²) in [7, 11) is 0. The molecule has 1 aromatic carbocycles. The van der Waals surface area contributed by atoms with Gasteiger partial charge in [0, 0.05) is 11.6 Å². The molecule has 0 radical (unpaired) electrons. The second kappa shape index (κ2) is 5.93. The number of aliphatic hydroxyl groups is 1. The standard InChI is InChI=1S/C14H14F3NOS/c15-14(16,17)13(19,12-18-9-10-20-12)8-4-7-11-5-2-1-3-6-11/h1-3,5-6,9-10,19H,4,7-8H2. The van der Waals surface area contributed by atoms with Crippen LogP contribution in [0.25, 0.3) is 0 Å². The van der Waals surface area contributed by atoms with Crippen LogP contribution < -0.4 is 0 Å². The molecule has 0 fully saturated rings. The molecule has 2 aromatic rings. The number of aromatic nitrogens is 1. The summed E-state index contributed by atoms with van der Waals surface area (Å²) in [6.45, 7) is 0. The number of aryl methyl sites for hydroxylation is 1. The molecule has 20 heavy (non-hydrogen) atoms. The molecule has 0 saturated carbocycles. The summed E-state index contributed by atoms with van der Waals surface area (Å²) < 4.78 is 39.3. The highest BCUT2D eigenvalue weighted by molar-refractivity contribution is 7.09. The SMILES string of the molecule is OC(CCCc1ccccc1)(c1nccs1)C(F)(F)F. The molecule has 1 aromatic heterocycles. The maximum atomic E-state index is 13.1. The van der Waals surface area contributed by atoms with Crippen molar-refractivity contribution in [3.8, 4) is 0 Å². The summed E-state index contributed by atoms with van der Waals surface area (Å²) in [6, 6.07) is 9.25. The average molecular weight is 301 g/mol. The van der Waals surface area contributed by atoms with E-state index in [4.69, 9.17) is 0 Å². The molecule has 1 unspecified atom stereocenters. The third-order valence-corrected chi connectivity index (χ3v) is 4.03. The van der Waals surface area contributed by atoms with Gasteiger partial charge in [0.05, 0.1) is 0 Å². The van der Waals surface area contributed by atoms with Gasteiger partial charge in [0.2, 0.25) is 5.60 Å². The van der Waals surface area contributed by atoms with Crippen molar-refractivity contribution in [1.82, 2.24) is 4.98 Å². The van der Waals surface area contributed by atoms with Gasteiger partial charge in [-0.25, -0.2) is 4.98 Å². The lowest BCUT2D eigenvalue weighted by atomic mass is 9.95. The molecule has 0 saturated heterocycles. The number of benzene rings is 1. The molecular formula is C14H14F3NOS. The normalized spacial score (nSPS) is 15.0. The Labute approximate surface area is 118 Å². The predicted molar refractivity (Wildman–Crippen MR) is 71.4 cm³/mol. The Morgan fingerprint density at radius 3 is 2.40 bits per heavy atom. The van der Waals surface area contributed by atoms with E-state index in [1.165, 1.54) is 11.6 Å². The van der Waals surface area contributed by atoms with E-state index < -0.39 is 11.8 Å². The van der Waals surface area contributed by atoms with E-state index >= 15 is 0 Å². The number of halogens is 3. The highest BCUT2D eigenvalue weighted by atomic mass is 32.1. The van der Waals surface area contributed by atoms with Crippen LogP contribution in [0.1, 0.15) is 23.4 Å². The van der Waals surface area contributed by atoms with Gasteiger partial charge in [-0.3, -0.25) is 0 Å². The molecule has 0 aliphatic rings. The van der Waals surface area contributed by atoms with Crippen molar-refractivity contribution >= 4 is 11.3 Å². The van der Waals surface area contributed by atoms with Gasteiger partial charge >= 0.3 is 6.18 Å². The lowest BCUT2D eigenvalue weighted by molar-refractivity contribution is -0.269. The van der Waals surface area contributed by atoms with Gasteiger partial charge in [0.25, 0.3) is 0 Å². The maximum Gasteiger partial charge on any atom is 0.423 e. The van der Waals surface area contributed by atoms with Crippen LogP contribution in [0.2, 0.25) is 0 Å². The summed E-state index contributed by atoms with van der Waals surface area (Å²) in [6.07, 6.45) is -3.11. The highest BCUT2D eigenvalue weighted by Gasteiger charge is 2.56. The van der Waals surface area contributed by atoms with Crippen LogP contribution in [0.4, 0.5) is 13.2 Å². The molecule has 0 spiro atoms. The summed E-state index contributed by atoms with van der Waals surface area (Å²) in [4.78, 5) is 3.63. The Balaban J connectivity index is 2.07. The number of rotatable bonds is 5. The molecular weight excluding hydrogens is 287 g/mol. The molecule has 2 rings (SSSR count). The van der Waals surface area contributed by atoms with Crippen molar-refractivity contribution in [2.24, 2.45) is 0 Å². The molecule has 6 heteroatoms. The smallest absolute Gasteiger partial charge is 0.374 e. The minimum atomic E-state index is -4.72. The van der Waals surface area contributed by atoms with Crippen molar-refractivity contribution in [2.75, 3.05) is 0 Å². The van der Waals surface area contributed by atoms with Crippen molar-refractivity contribution < 1.29 is 18.3 Å². The fraction of sp³-hybridized carbons (Fsp3) is 0.357. The van der Waals surface area contributed by atoms with Crippen LogP contribution in [0, 0.1) is 0 Å². The summed E-state index contributed by atoms with van der Waals surface area (Å²) in [5.74, 6) is 0. The minimum Gasteiger partial charge on any atom is -0.374 e. The van der Waals surface area contributed by atoms with Crippen LogP contribution >= 0.6 is 11.3 Å². The first-order chi connectivity index (χ1) is 9.43. The number of thiazole rings is 1. The van der Waals surface area contributed by atoms with Crippen LogP contribution in [-0.2, 0) is 12.0 Å². The molecule has 1 atom stereocenters. The van der Waals surface area contributed by atoms with Crippen molar-refractivity contribution in [3.63, 3.8) is 0 Å². The summed E-state index contributed by atoms with van der Waals surface area (Å²) >= 11 is 0.822. The monoisotopic (exact) mass is 301 g/mol. The quantitative estimate of drug-likeness (QED) is 0.908.